The summed E-state index contributed by atoms with van der Waals surface area (Å²) >= 11 is 0. The van der Waals surface area contributed by atoms with Crippen molar-refractivity contribution in [2.45, 2.75) is 32.3 Å². The minimum absolute atomic E-state index is 0.357. The van der Waals surface area contributed by atoms with Crippen LogP contribution in [-0.2, 0) is 14.2 Å². The number of rotatable bonds is 8. The van der Waals surface area contributed by atoms with Crippen molar-refractivity contribution in [2.75, 3.05) is 33.0 Å². The minimum atomic E-state index is 0.357. The molecule has 1 fully saturated rings. The lowest BCUT2D eigenvalue weighted by molar-refractivity contribution is -0.131. The molecule has 0 unspecified atom stereocenters. The number of hydrogen-bond acceptors (Lipinski definition) is 3. The first-order valence-corrected chi connectivity index (χ1v) is 5.20. The summed E-state index contributed by atoms with van der Waals surface area (Å²) in [6, 6.07) is 0. The van der Waals surface area contributed by atoms with Crippen molar-refractivity contribution < 1.29 is 14.2 Å². The van der Waals surface area contributed by atoms with E-state index < -0.39 is 0 Å². The Balaban J connectivity index is 1.68. The molecule has 0 aromatic carbocycles. The third-order valence-electron chi connectivity index (χ3n) is 2.04. The summed E-state index contributed by atoms with van der Waals surface area (Å²) in [6.07, 6.45) is 3.73. The molecular weight excluding hydrogens is 168 g/mol. The molecule has 1 aliphatic heterocycles. The van der Waals surface area contributed by atoms with Crippen LogP contribution in [0, 0.1) is 0 Å². The van der Waals surface area contributed by atoms with Crippen molar-refractivity contribution in [1.82, 2.24) is 0 Å². The van der Waals surface area contributed by atoms with Crippen molar-refractivity contribution in [3.63, 3.8) is 0 Å². The topological polar surface area (TPSA) is 27.7 Å². The zero-order valence-corrected chi connectivity index (χ0v) is 8.46. The van der Waals surface area contributed by atoms with Gasteiger partial charge in [0.1, 0.15) is 6.10 Å². The van der Waals surface area contributed by atoms with E-state index in [0.717, 1.165) is 45.9 Å². The summed E-state index contributed by atoms with van der Waals surface area (Å²) in [4.78, 5) is 0. The van der Waals surface area contributed by atoms with Crippen molar-refractivity contribution >= 4 is 0 Å². The molecule has 0 N–H and O–H groups in total. The van der Waals surface area contributed by atoms with Crippen LogP contribution in [0.15, 0.2) is 0 Å². The molecule has 0 radical (unpaired) electrons. The van der Waals surface area contributed by atoms with Gasteiger partial charge in [0.05, 0.1) is 13.2 Å². The maximum absolute atomic E-state index is 5.48. The predicted octanol–water partition coefficient (Wildman–Crippen LogP) is 1.61. The van der Waals surface area contributed by atoms with E-state index in [9.17, 15) is 0 Å². The van der Waals surface area contributed by atoms with Gasteiger partial charge in [-0.1, -0.05) is 13.3 Å². The van der Waals surface area contributed by atoms with E-state index in [4.69, 9.17) is 14.2 Å². The fourth-order valence-corrected chi connectivity index (χ4v) is 1.07. The Bertz CT molecular complexity index is 113. The van der Waals surface area contributed by atoms with E-state index in [1.165, 1.54) is 6.42 Å². The van der Waals surface area contributed by atoms with E-state index in [-0.39, 0.29) is 0 Å². The van der Waals surface area contributed by atoms with E-state index >= 15 is 0 Å². The Morgan fingerprint density at radius 3 is 2.54 bits per heavy atom. The highest BCUT2D eigenvalue weighted by atomic mass is 16.6. The second kappa shape index (κ2) is 7.30. The molecule has 13 heavy (non-hydrogen) atoms. The van der Waals surface area contributed by atoms with Crippen LogP contribution in [0.4, 0.5) is 0 Å². The SMILES string of the molecule is CCCCOCCCOC1COC1. The lowest BCUT2D eigenvalue weighted by atomic mass is 10.3. The van der Waals surface area contributed by atoms with Crippen molar-refractivity contribution in [3.8, 4) is 0 Å². The first-order chi connectivity index (χ1) is 6.43. The van der Waals surface area contributed by atoms with Crippen molar-refractivity contribution in [2.24, 2.45) is 0 Å². The second-order valence-electron chi connectivity index (χ2n) is 3.35. The van der Waals surface area contributed by atoms with Crippen LogP contribution in [0.3, 0.4) is 0 Å². The number of ether oxygens (including phenoxy) is 3. The summed E-state index contributed by atoms with van der Waals surface area (Å²) in [5.41, 5.74) is 0. The van der Waals surface area contributed by atoms with Gasteiger partial charge in [-0.2, -0.15) is 0 Å². The zero-order chi connectivity index (χ0) is 9.36. The normalized spacial score (nSPS) is 17.3. The van der Waals surface area contributed by atoms with Gasteiger partial charge in [-0.25, -0.2) is 0 Å². The Morgan fingerprint density at radius 2 is 1.92 bits per heavy atom. The van der Waals surface area contributed by atoms with E-state index in [1.54, 1.807) is 0 Å². The maximum atomic E-state index is 5.48. The molecule has 0 aromatic rings. The molecule has 0 saturated carbocycles. The van der Waals surface area contributed by atoms with Gasteiger partial charge in [-0.15, -0.1) is 0 Å². The smallest absolute Gasteiger partial charge is 0.104 e. The third kappa shape index (κ3) is 5.24. The lowest BCUT2D eigenvalue weighted by Crippen LogP contribution is -2.36. The molecule has 0 spiro atoms. The molecule has 0 aromatic heterocycles. The molecule has 78 valence electrons. The highest BCUT2D eigenvalue weighted by Gasteiger charge is 2.17. The van der Waals surface area contributed by atoms with Crippen LogP contribution in [0.2, 0.25) is 0 Å². The van der Waals surface area contributed by atoms with Crippen molar-refractivity contribution in [3.05, 3.63) is 0 Å². The van der Waals surface area contributed by atoms with E-state index in [0.29, 0.717) is 6.10 Å². The molecule has 3 heteroatoms. The van der Waals surface area contributed by atoms with Gasteiger partial charge < -0.3 is 14.2 Å². The van der Waals surface area contributed by atoms with Crippen LogP contribution in [0.5, 0.6) is 0 Å². The van der Waals surface area contributed by atoms with E-state index in [2.05, 4.69) is 6.92 Å². The first kappa shape index (κ1) is 11.0. The maximum Gasteiger partial charge on any atom is 0.104 e. The van der Waals surface area contributed by atoms with Crippen LogP contribution < -0.4 is 0 Å². The van der Waals surface area contributed by atoms with Gasteiger partial charge in [0.2, 0.25) is 0 Å². The molecule has 0 atom stereocenters. The van der Waals surface area contributed by atoms with Gasteiger partial charge in [0.25, 0.3) is 0 Å². The molecular formula is C10H20O3. The summed E-state index contributed by atoms with van der Waals surface area (Å²) in [5, 5.41) is 0. The molecule has 0 bridgehead atoms. The molecule has 0 aliphatic carbocycles. The fraction of sp³-hybridized carbons (Fsp3) is 1.00. The van der Waals surface area contributed by atoms with Crippen LogP contribution in [-0.4, -0.2) is 39.1 Å². The fourth-order valence-electron chi connectivity index (χ4n) is 1.07. The molecule has 1 heterocycles. The van der Waals surface area contributed by atoms with Crippen LogP contribution in [0.1, 0.15) is 26.2 Å². The van der Waals surface area contributed by atoms with Gasteiger partial charge >= 0.3 is 0 Å². The van der Waals surface area contributed by atoms with Gasteiger partial charge in [-0.3, -0.25) is 0 Å². The van der Waals surface area contributed by atoms with Crippen LogP contribution in [0.25, 0.3) is 0 Å². The monoisotopic (exact) mass is 188 g/mol. The molecule has 1 aliphatic rings. The minimum Gasteiger partial charge on any atom is -0.381 e. The second-order valence-corrected chi connectivity index (χ2v) is 3.35. The molecule has 3 nitrogen and oxygen atoms in total. The lowest BCUT2D eigenvalue weighted by Gasteiger charge is -2.25. The quantitative estimate of drug-likeness (QED) is 0.542. The van der Waals surface area contributed by atoms with Gasteiger partial charge in [0, 0.05) is 19.8 Å². The highest BCUT2D eigenvalue weighted by molar-refractivity contribution is 4.63. The Kier molecular flexibility index (Phi) is 6.15. The van der Waals surface area contributed by atoms with Gasteiger partial charge in [0.15, 0.2) is 0 Å². The summed E-state index contributed by atoms with van der Waals surface area (Å²) in [5.74, 6) is 0. The standard InChI is InChI=1S/C10H20O3/c1-2-3-5-11-6-4-7-13-10-8-12-9-10/h10H,2-9H2,1H3. The predicted molar refractivity (Wildman–Crippen MR) is 50.9 cm³/mol. The average molecular weight is 188 g/mol. The van der Waals surface area contributed by atoms with E-state index in [1.807, 2.05) is 0 Å². The first-order valence-electron chi connectivity index (χ1n) is 5.20. The summed E-state index contributed by atoms with van der Waals surface area (Å²) < 4.78 is 15.9. The summed E-state index contributed by atoms with van der Waals surface area (Å²) in [7, 11) is 0. The largest absolute Gasteiger partial charge is 0.381 e. The van der Waals surface area contributed by atoms with Crippen LogP contribution >= 0.6 is 0 Å². The molecule has 0 amide bonds. The number of hydrogen-bond donors (Lipinski definition) is 0. The molecule has 1 saturated heterocycles. The molecule has 1 rings (SSSR count). The highest BCUT2D eigenvalue weighted by Crippen LogP contribution is 2.05. The zero-order valence-electron chi connectivity index (χ0n) is 8.46. The van der Waals surface area contributed by atoms with Gasteiger partial charge in [-0.05, 0) is 12.8 Å². The number of unbranched alkanes of at least 4 members (excludes halogenated alkanes) is 1. The third-order valence-corrected chi connectivity index (χ3v) is 2.04. The Hall–Kier alpha value is -0.120. The average Bonchev–Trinajstić information content (AvgIpc) is 2.07. The Labute approximate surface area is 80.4 Å². The summed E-state index contributed by atoms with van der Waals surface area (Å²) in [6.45, 7) is 6.24. The Morgan fingerprint density at radius 1 is 1.15 bits per heavy atom. The van der Waals surface area contributed by atoms with Crippen molar-refractivity contribution in [1.29, 1.82) is 0 Å².